The molecule has 4 heteroatoms. The number of hydrogen-bond acceptors (Lipinski definition) is 4. The number of allylic oxidation sites excluding steroid dienone is 10. The summed E-state index contributed by atoms with van der Waals surface area (Å²) in [6.45, 7) is 0. The van der Waals surface area contributed by atoms with Crippen molar-refractivity contribution < 1.29 is 0 Å². The predicted molar refractivity (Wildman–Crippen MR) is 233 cm³/mol. The lowest BCUT2D eigenvalue weighted by Gasteiger charge is -2.42. The molecule has 1 spiro atoms. The van der Waals surface area contributed by atoms with Crippen LogP contribution in [0, 0.1) is 5.41 Å². The molecule has 1 atom stereocenters. The molecule has 2 heterocycles. The van der Waals surface area contributed by atoms with E-state index >= 15 is 0 Å². The summed E-state index contributed by atoms with van der Waals surface area (Å²) < 4.78 is 2.46. The molecular formula is C52H31N3S. The highest BCUT2D eigenvalue weighted by Crippen LogP contribution is 2.65. The predicted octanol–water partition coefficient (Wildman–Crippen LogP) is 13.2. The number of benzene rings is 6. The van der Waals surface area contributed by atoms with Crippen LogP contribution in [0.25, 0.3) is 82.7 Å². The molecule has 2 aromatic heterocycles. The average Bonchev–Trinajstić information content (AvgIpc) is 3.97. The third kappa shape index (κ3) is 4.36. The lowest BCUT2D eigenvalue weighted by Crippen LogP contribution is -2.29. The van der Waals surface area contributed by atoms with Crippen LogP contribution in [0.15, 0.2) is 187 Å². The van der Waals surface area contributed by atoms with Gasteiger partial charge in [-0.05, 0) is 90.7 Å². The van der Waals surface area contributed by atoms with Crippen molar-refractivity contribution in [2.45, 2.75) is 0 Å². The van der Waals surface area contributed by atoms with E-state index in [1.165, 1.54) is 64.7 Å². The minimum Gasteiger partial charge on any atom is -0.135 e. The summed E-state index contributed by atoms with van der Waals surface area (Å²) >= 11 is 1.82. The molecule has 0 N–H and O–H groups in total. The molecule has 6 aromatic carbocycles. The monoisotopic (exact) mass is 729 g/mol. The van der Waals surface area contributed by atoms with Gasteiger partial charge in [-0.1, -0.05) is 164 Å². The molecule has 1 unspecified atom stereocenters. The van der Waals surface area contributed by atoms with Gasteiger partial charge in [0.1, 0.15) is 11.4 Å². The van der Waals surface area contributed by atoms with E-state index in [0.717, 1.165) is 44.8 Å². The molecule has 0 aliphatic heterocycles. The maximum Gasteiger partial charge on any atom is 0.106 e. The summed E-state index contributed by atoms with van der Waals surface area (Å²) in [6.07, 6.45) is 16.5. The molecule has 4 aliphatic rings. The van der Waals surface area contributed by atoms with E-state index in [4.69, 9.17) is 10.2 Å². The van der Waals surface area contributed by atoms with Crippen LogP contribution in [0.3, 0.4) is 0 Å². The van der Waals surface area contributed by atoms with Crippen LogP contribution in [0.4, 0.5) is 0 Å². The SMILES string of the molecule is C1=CC2(C3=Cc4ccccc4C3=C1)C1=Cc3ccccc3C1=CC=C2c1c(-c2ccccc2)nnnc1-c1c(-c2ccccc2)ccc2sc3ccccc3c12. The molecule has 0 amide bonds. The van der Waals surface area contributed by atoms with Crippen molar-refractivity contribution >= 4 is 60.4 Å². The second kappa shape index (κ2) is 12.0. The highest BCUT2D eigenvalue weighted by atomic mass is 32.1. The molecule has 0 bridgehead atoms. The minimum absolute atomic E-state index is 0.660. The first kappa shape index (κ1) is 31.4. The zero-order valence-electron chi connectivity index (χ0n) is 30.1. The third-order valence-electron chi connectivity index (χ3n) is 11.9. The molecule has 260 valence electrons. The normalized spacial score (nSPS) is 17.5. The van der Waals surface area contributed by atoms with E-state index in [-0.39, 0.29) is 0 Å². The highest BCUT2D eigenvalue weighted by Gasteiger charge is 2.50. The van der Waals surface area contributed by atoms with E-state index in [1.54, 1.807) is 0 Å². The Morgan fingerprint density at radius 2 is 1.07 bits per heavy atom. The minimum atomic E-state index is -0.660. The van der Waals surface area contributed by atoms with Gasteiger partial charge >= 0.3 is 0 Å². The maximum absolute atomic E-state index is 5.17. The fourth-order valence-corrected chi connectivity index (χ4v) is 10.7. The first-order valence-electron chi connectivity index (χ1n) is 19.0. The molecule has 8 aromatic rings. The Morgan fingerprint density at radius 3 is 1.82 bits per heavy atom. The number of nitrogens with zero attached hydrogens (tertiary/aromatic N) is 3. The summed E-state index contributed by atoms with van der Waals surface area (Å²) in [4.78, 5) is 0. The maximum atomic E-state index is 5.17. The van der Waals surface area contributed by atoms with Crippen LogP contribution in [0.2, 0.25) is 0 Å². The Bertz CT molecular complexity index is 3150. The second-order valence-corrected chi connectivity index (χ2v) is 15.8. The van der Waals surface area contributed by atoms with Gasteiger partial charge in [0.15, 0.2) is 0 Å². The van der Waals surface area contributed by atoms with Gasteiger partial charge in [0.25, 0.3) is 0 Å². The van der Waals surface area contributed by atoms with Gasteiger partial charge in [-0.15, -0.1) is 21.5 Å². The standard InChI is InChI=1S/C52H31N3S/c1-3-14-32(15-4-1)38-26-28-46-47(41-22-11-12-24-45(41)56-46)48(38)51-49(50(53-55-54-51)33-16-5-2-6-17-33)42-27-25-40-37-21-10-8-19-35(37)31-44(40)52(42)29-13-23-39-36-20-9-7-18-34(36)30-43(39)52/h1-31H. The van der Waals surface area contributed by atoms with Crippen LogP contribution < -0.4 is 0 Å². The fourth-order valence-electron chi connectivity index (χ4n) is 9.55. The van der Waals surface area contributed by atoms with E-state index in [9.17, 15) is 0 Å². The first-order chi connectivity index (χ1) is 27.8. The molecule has 0 saturated carbocycles. The zero-order valence-corrected chi connectivity index (χ0v) is 31.0. The summed E-state index contributed by atoms with van der Waals surface area (Å²) in [5.74, 6) is 0. The van der Waals surface area contributed by atoms with Crippen molar-refractivity contribution in [2.24, 2.45) is 5.41 Å². The second-order valence-electron chi connectivity index (χ2n) is 14.8. The van der Waals surface area contributed by atoms with Gasteiger partial charge in [-0.25, -0.2) is 0 Å². The summed E-state index contributed by atoms with van der Waals surface area (Å²) in [6, 6.07) is 52.1. The average molecular weight is 730 g/mol. The van der Waals surface area contributed by atoms with Crippen LogP contribution in [0.5, 0.6) is 0 Å². The van der Waals surface area contributed by atoms with Gasteiger partial charge in [0, 0.05) is 36.9 Å². The largest absolute Gasteiger partial charge is 0.135 e. The van der Waals surface area contributed by atoms with Crippen LogP contribution in [-0.2, 0) is 0 Å². The summed E-state index contributed by atoms with van der Waals surface area (Å²) in [5, 5.41) is 17.2. The van der Waals surface area contributed by atoms with Gasteiger partial charge in [-0.3, -0.25) is 0 Å². The van der Waals surface area contributed by atoms with Crippen molar-refractivity contribution in [2.75, 3.05) is 0 Å². The lowest BCUT2D eigenvalue weighted by atomic mass is 9.59. The quantitative estimate of drug-likeness (QED) is 0.181. The van der Waals surface area contributed by atoms with Gasteiger partial charge in [-0.2, -0.15) is 0 Å². The van der Waals surface area contributed by atoms with E-state index < -0.39 is 5.41 Å². The topological polar surface area (TPSA) is 38.7 Å². The van der Waals surface area contributed by atoms with E-state index in [1.807, 2.05) is 11.3 Å². The van der Waals surface area contributed by atoms with Crippen LogP contribution >= 0.6 is 11.3 Å². The zero-order chi connectivity index (χ0) is 36.8. The highest BCUT2D eigenvalue weighted by molar-refractivity contribution is 7.26. The van der Waals surface area contributed by atoms with E-state index in [2.05, 4.69) is 193 Å². The van der Waals surface area contributed by atoms with Crippen molar-refractivity contribution in [3.63, 3.8) is 0 Å². The van der Waals surface area contributed by atoms with E-state index in [0.29, 0.717) is 0 Å². The number of rotatable bonds is 4. The molecular weight excluding hydrogens is 699 g/mol. The summed E-state index contributed by atoms with van der Waals surface area (Å²) in [5.41, 5.74) is 17.4. The van der Waals surface area contributed by atoms with Crippen molar-refractivity contribution in [3.8, 4) is 33.6 Å². The molecule has 56 heavy (non-hydrogen) atoms. The van der Waals surface area contributed by atoms with Gasteiger partial charge in [0.2, 0.25) is 0 Å². The third-order valence-corrected chi connectivity index (χ3v) is 13.1. The number of fused-ring (bicyclic) bond motifs is 11. The smallest absolute Gasteiger partial charge is 0.106 e. The van der Waals surface area contributed by atoms with Gasteiger partial charge < -0.3 is 0 Å². The number of hydrogen-bond donors (Lipinski definition) is 0. The summed E-state index contributed by atoms with van der Waals surface area (Å²) in [7, 11) is 0. The Balaban J connectivity index is 1.24. The lowest BCUT2D eigenvalue weighted by molar-refractivity contribution is 0.772. The Kier molecular flexibility index (Phi) is 6.72. The Morgan fingerprint density at radius 1 is 0.446 bits per heavy atom. The fraction of sp³-hybridized carbons (Fsp3) is 0.0192. The number of thiophene rings is 1. The molecule has 0 fully saturated rings. The van der Waals surface area contributed by atoms with Crippen molar-refractivity contribution in [3.05, 3.63) is 215 Å². The Hall–Kier alpha value is -7.01. The van der Waals surface area contributed by atoms with Crippen molar-refractivity contribution in [1.82, 2.24) is 15.4 Å². The Labute approximate surface area is 328 Å². The number of aromatic nitrogens is 3. The van der Waals surface area contributed by atoms with Gasteiger partial charge in [0.05, 0.1) is 5.41 Å². The molecule has 0 saturated heterocycles. The molecule has 4 aliphatic carbocycles. The van der Waals surface area contributed by atoms with Crippen LogP contribution in [-0.4, -0.2) is 15.4 Å². The first-order valence-corrected chi connectivity index (χ1v) is 19.8. The molecule has 0 radical (unpaired) electrons. The molecule has 3 nitrogen and oxygen atoms in total. The molecule has 12 rings (SSSR count). The van der Waals surface area contributed by atoms with Crippen molar-refractivity contribution in [1.29, 1.82) is 0 Å². The van der Waals surface area contributed by atoms with Crippen LogP contribution in [0.1, 0.15) is 27.8 Å².